The normalized spacial score (nSPS) is 11.1. The molecule has 0 aliphatic heterocycles. The lowest BCUT2D eigenvalue weighted by atomic mass is 10.0. The zero-order chi connectivity index (χ0) is 26.5. The van der Waals surface area contributed by atoms with Gasteiger partial charge < -0.3 is 4.98 Å². The van der Waals surface area contributed by atoms with Crippen LogP contribution in [0.2, 0.25) is 5.02 Å². The summed E-state index contributed by atoms with van der Waals surface area (Å²) in [6.07, 6.45) is 4.34. The van der Waals surface area contributed by atoms with E-state index in [1.54, 1.807) is 30.3 Å². The number of amides is 1. The summed E-state index contributed by atoms with van der Waals surface area (Å²) in [5.74, 6) is -0.743. The first kappa shape index (κ1) is 25.5. The number of benzene rings is 2. The predicted octanol–water partition coefficient (Wildman–Crippen LogP) is 4.01. The van der Waals surface area contributed by atoms with Gasteiger partial charge in [-0.15, -0.1) is 0 Å². The van der Waals surface area contributed by atoms with Gasteiger partial charge in [0.15, 0.2) is 5.69 Å². The predicted molar refractivity (Wildman–Crippen MR) is 143 cm³/mol. The molecular weight excluding hydrogens is 492 g/mol. The van der Waals surface area contributed by atoms with Crippen molar-refractivity contribution in [3.63, 3.8) is 0 Å². The third-order valence-electron chi connectivity index (χ3n) is 5.86. The number of halogens is 1. The summed E-state index contributed by atoms with van der Waals surface area (Å²) in [6, 6.07) is 15.7. The van der Waals surface area contributed by atoms with Crippen LogP contribution < -0.4 is 16.5 Å². The number of aromatic nitrogens is 3. The number of hydrogen-bond donors (Lipinski definition) is 2. The van der Waals surface area contributed by atoms with Gasteiger partial charge >= 0.3 is 0 Å². The van der Waals surface area contributed by atoms with Gasteiger partial charge in [0.2, 0.25) is 0 Å². The van der Waals surface area contributed by atoms with E-state index in [2.05, 4.69) is 27.5 Å². The Morgan fingerprint density at radius 3 is 2.68 bits per heavy atom. The largest absolute Gasteiger partial charge is 0.321 e. The molecule has 2 heterocycles. The van der Waals surface area contributed by atoms with Gasteiger partial charge in [0.25, 0.3) is 17.0 Å². The molecule has 4 rings (SSSR count). The number of carbonyl (C=O) groups excluding carboxylic acids is 1. The van der Waals surface area contributed by atoms with Crippen LogP contribution in [0.3, 0.4) is 0 Å². The highest BCUT2D eigenvalue weighted by Crippen LogP contribution is 2.16. The van der Waals surface area contributed by atoms with Crippen LogP contribution in [0.5, 0.6) is 0 Å². The van der Waals surface area contributed by atoms with E-state index in [9.17, 15) is 19.6 Å². The number of aryl methyl sites for hydroxylation is 1. The van der Waals surface area contributed by atoms with Crippen molar-refractivity contribution in [2.75, 3.05) is 0 Å². The van der Waals surface area contributed by atoms with Crippen molar-refractivity contribution in [1.29, 1.82) is 5.26 Å². The van der Waals surface area contributed by atoms with E-state index in [1.807, 2.05) is 24.3 Å². The zero-order valence-electron chi connectivity index (χ0n) is 20.2. The molecule has 2 N–H and O–H groups in total. The Morgan fingerprint density at radius 2 is 1.97 bits per heavy atom. The number of nitrogens with zero attached hydrogens (tertiary/aromatic N) is 4. The first-order valence-corrected chi connectivity index (χ1v) is 12.0. The van der Waals surface area contributed by atoms with Crippen LogP contribution >= 0.6 is 11.6 Å². The molecule has 2 aromatic carbocycles. The second kappa shape index (κ2) is 11.0. The molecule has 0 atom stereocenters. The monoisotopic (exact) mass is 514 g/mol. The number of unbranched alkanes of at least 4 members (excludes halogenated alkanes) is 1. The van der Waals surface area contributed by atoms with E-state index in [4.69, 9.17) is 11.6 Å². The van der Waals surface area contributed by atoms with Gasteiger partial charge in [-0.1, -0.05) is 31.0 Å². The molecule has 0 bridgehead atoms. The van der Waals surface area contributed by atoms with Gasteiger partial charge in [0, 0.05) is 16.1 Å². The van der Waals surface area contributed by atoms with Gasteiger partial charge in [-0.25, -0.2) is 5.43 Å². The first-order chi connectivity index (χ1) is 17.8. The molecule has 2 aromatic heterocycles. The highest BCUT2D eigenvalue weighted by molar-refractivity contribution is 6.30. The van der Waals surface area contributed by atoms with Crippen LogP contribution in [-0.2, 0) is 6.42 Å². The third-order valence-corrected chi connectivity index (χ3v) is 6.11. The maximum atomic E-state index is 12.9. The average molecular weight is 515 g/mol. The molecule has 186 valence electrons. The molecule has 37 heavy (non-hydrogen) atoms. The van der Waals surface area contributed by atoms with Crippen molar-refractivity contribution in [3.8, 4) is 11.8 Å². The highest BCUT2D eigenvalue weighted by Gasteiger charge is 2.20. The number of rotatable bonds is 7. The number of nitriles is 1. The van der Waals surface area contributed by atoms with E-state index in [1.165, 1.54) is 18.7 Å². The Kier molecular flexibility index (Phi) is 7.60. The lowest BCUT2D eigenvalue weighted by molar-refractivity contribution is 0.0947. The molecule has 0 saturated carbocycles. The molecule has 1 amide bonds. The fourth-order valence-electron chi connectivity index (χ4n) is 3.83. The number of H-pyrrole nitrogens is 1. The Labute approximate surface area is 217 Å². The quantitative estimate of drug-likeness (QED) is 0.284. The standard InChI is InChI=1S/C27H23ClN6O3/c1-3-4-5-17-6-11-23-18(12-17)13-19(25(35)31-23)15-30-32-26(36)24-16(2)22(14-29)27(37)34(33-24)21-9-7-20(28)8-10-21/h6-13,15H,3-5H2,1-2H3,(H,31,35)(H,32,36)/b30-15+. The van der Waals surface area contributed by atoms with E-state index >= 15 is 0 Å². The number of nitrogens with one attached hydrogen (secondary N) is 2. The van der Waals surface area contributed by atoms with E-state index < -0.39 is 11.5 Å². The first-order valence-electron chi connectivity index (χ1n) is 11.6. The van der Waals surface area contributed by atoms with Gasteiger partial charge in [0.05, 0.1) is 17.5 Å². The average Bonchev–Trinajstić information content (AvgIpc) is 2.89. The molecule has 0 radical (unpaired) electrons. The number of fused-ring (bicyclic) bond motifs is 1. The molecule has 0 saturated heterocycles. The van der Waals surface area contributed by atoms with Gasteiger partial charge in [-0.2, -0.15) is 20.1 Å². The van der Waals surface area contributed by atoms with Crippen LogP contribution in [0.25, 0.3) is 16.6 Å². The van der Waals surface area contributed by atoms with Crippen molar-refractivity contribution < 1.29 is 4.79 Å². The van der Waals surface area contributed by atoms with Gasteiger partial charge in [-0.3, -0.25) is 14.4 Å². The van der Waals surface area contributed by atoms with Crippen molar-refractivity contribution >= 4 is 34.6 Å². The molecule has 10 heteroatoms. The number of carbonyl (C=O) groups is 1. The number of hydrazone groups is 1. The van der Waals surface area contributed by atoms with Crippen molar-refractivity contribution in [2.45, 2.75) is 33.1 Å². The Hall–Kier alpha value is -4.55. The summed E-state index contributed by atoms with van der Waals surface area (Å²) in [5, 5.41) is 18.9. The molecule has 9 nitrogen and oxygen atoms in total. The zero-order valence-corrected chi connectivity index (χ0v) is 21.0. The summed E-state index contributed by atoms with van der Waals surface area (Å²) in [6.45, 7) is 3.59. The Morgan fingerprint density at radius 1 is 1.22 bits per heavy atom. The molecule has 0 unspecified atom stereocenters. The minimum Gasteiger partial charge on any atom is -0.321 e. The summed E-state index contributed by atoms with van der Waals surface area (Å²) in [5.41, 5.74) is 3.53. The summed E-state index contributed by atoms with van der Waals surface area (Å²) < 4.78 is 0.963. The molecule has 0 aliphatic carbocycles. The molecule has 0 fully saturated rings. The topological polar surface area (TPSA) is 133 Å². The summed E-state index contributed by atoms with van der Waals surface area (Å²) in [4.78, 5) is 40.9. The fraction of sp³-hybridized carbons (Fsp3) is 0.185. The van der Waals surface area contributed by atoms with Crippen LogP contribution in [0.15, 0.2) is 63.2 Å². The minimum atomic E-state index is -0.743. The third kappa shape index (κ3) is 5.50. The SMILES string of the molecule is CCCCc1ccc2[nH]c(=O)c(/C=N/NC(=O)c3nn(-c4ccc(Cl)cc4)c(=O)c(C#N)c3C)cc2c1. The number of aromatic amines is 1. The molecule has 0 spiro atoms. The van der Waals surface area contributed by atoms with E-state index in [0.717, 1.165) is 29.3 Å². The highest BCUT2D eigenvalue weighted by atomic mass is 35.5. The Balaban J connectivity index is 1.63. The van der Waals surface area contributed by atoms with Crippen molar-refractivity contribution in [2.24, 2.45) is 5.10 Å². The Bertz CT molecular complexity index is 1680. The van der Waals surface area contributed by atoms with E-state index in [0.29, 0.717) is 16.2 Å². The van der Waals surface area contributed by atoms with E-state index in [-0.39, 0.29) is 27.9 Å². The van der Waals surface area contributed by atoms with Crippen LogP contribution in [-0.4, -0.2) is 26.9 Å². The fourth-order valence-corrected chi connectivity index (χ4v) is 3.95. The molecule has 0 aliphatic rings. The summed E-state index contributed by atoms with van der Waals surface area (Å²) in [7, 11) is 0. The van der Waals surface area contributed by atoms with Gasteiger partial charge in [-0.05, 0) is 73.2 Å². The van der Waals surface area contributed by atoms with Crippen molar-refractivity contribution in [3.05, 3.63) is 102 Å². The van der Waals surface area contributed by atoms with Crippen LogP contribution in [0.1, 0.15) is 52.5 Å². The smallest absolute Gasteiger partial charge is 0.292 e. The van der Waals surface area contributed by atoms with Crippen LogP contribution in [0.4, 0.5) is 0 Å². The van der Waals surface area contributed by atoms with Crippen LogP contribution in [0, 0.1) is 18.3 Å². The maximum Gasteiger partial charge on any atom is 0.292 e. The second-order valence-corrected chi connectivity index (χ2v) is 8.87. The minimum absolute atomic E-state index is 0.119. The second-order valence-electron chi connectivity index (χ2n) is 8.43. The lowest BCUT2D eigenvalue weighted by Crippen LogP contribution is -2.31. The molecule has 4 aromatic rings. The number of pyridine rings is 1. The molecular formula is C27H23ClN6O3. The summed E-state index contributed by atoms with van der Waals surface area (Å²) >= 11 is 5.92. The number of hydrogen-bond acceptors (Lipinski definition) is 6. The van der Waals surface area contributed by atoms with Crippen molar-refractivity contribution in [1.82, 2.24) is 20.2 Å². The van der Waals surface area contributed by atoms with Gasteiger partial charge in [0.1, 0.15) is 11.6 Å². The maximum absolute atomic E-state index is 12.9. The lowest BCUT2D eigenvalue weighted by Gasteiger charge is -2.10.